The number of rotatable bonds is 1. The molecule has 1 aromatic rings. The van der Waals surface area contributed by atoms with Gasteiger partial charge in [-0.1, -0.05) is 12.1 Å². The third-order valence-electron chi connectivity index (χ3n) is 1.55. The molecule has 0 atom stereocenters. The molecule has 1 aromatic carbocycles. The zero-order chi connectivity index (χ0) is 8.48. The maximum Gasteiger partial charge on any atom is 0.115 e. The maximum absolute atomic E-state index is 8.98. The van der Waals surface area contributed by atoms with Gasteiger partial charge in [-0.05, 0) is 31.5 Å². The highest BCUT2D eigenvalue weighted by atomic mass is 35.5. The molecule has 2 heteroatoms. The van der Waals surface area contributed by atoms with E-state index >= 15 is 0 Å². The Morgan fingerprint density at radius 3 is 2.00 bits per heavy atom. The second kappa shape index (κ2) is 2.74. The van der Waals surface area contributed by atoms with Crippen LogP contribution >= 0.6 is 11.6 Å². The highest BCUT2D eigenvalue weighted by Crippen LogP contribution is 2.28. The van der Waals surface area contributed by atoms with Crippen LogP contribution in [0.4, 0.5) is 0 Å². The molecule has 0 radical (unpaired) electrons. The molecule has 0 aliphatic rings. The molecule has 0 aromatic heterocycles. The minimum absolute atomic E-state index is 0.273. The van der Waals surface area contributed by atoms with E-state index in [2.05, 4.69) is 0 Å². The summed E-state index contributed by atoms with van der Waals surface area (Å²) in [4.78, 5) is -0.353. The Balaban J connectivity index is 2.99. The molecule has 0 aliphatic heterocycles. The zero-order valence-corrected chi connectivity index (χ0v) is 7.39. The molecular weight excluding hydrogens is 160 g/mol. The van der Waals surface area contributed by atoms with Crippen LogP contribution < -0.4 is 0 Å². The van der Waals surface area contributed by atoms with E-state index in [1.807, 2.05) is 26.0 Å². The molecule has 0 unspecified atom stereocenters. The fourth-order valence-corrected chi connectivity index (χ4v) is 0.984. The van der Waals surface area contributed by atoms with Crippen LogP contribution in [-0.2, 0) is 4.87 Å². The van der Waals surface area contributed by atoms with Crippen LogP contribution in [0.25, 0.3) is 0 Å². The van der Waals surface area contributed by atoms with E-state index in [0.29, 0.717) is 0 Å². The van der Waals surface area contributed by atoms with Gasteiger partial charge >= 0.3 is 0 Å². The first-order valence-electron chi connectivity index (χ1n) is 3.48. The Labute approximate surface area is 71.6 Å². The molecule has 11 heavy (non-hydrogen) atoms. The highest BCUT2D eigenvalue weighted by Gasteiger charge is 2.15. The summed E-state index contributed by atoms with van der Waals surface area (Å²) in [5.41, 5.74) is 1.01. The predicted molar refractivity (Wildman–Crippen MR) is 47.0 cm³/mol. The van der Waals surface area contributed by atoms with Crippen LogP contribution in [0.5, 0.6) is 5.75 Å². The first kappa shape index (κ1) is 8.41. The molecule has 0 saturated carbocycles. The highest BCUT2D eigenvalue weighted by molar-refractivity contribution is 6.23. The van der Waals surface area contributed by atoms with Crippen LogP contribution in [-0.4, -0.2) is 5.11 Å². The van der Waals surface area contributed by atoms with Crippen molar-refractivity contribution in [3.63, 3.8) is 0 Å². The second-order valence-corrected chi connectivity index (χ2v) is 3.96. The van der Waals surface area contributed by atoms with Gasteiger partial charge in [0.05, 0.1) is 4.87 Å². The number of phenols is 1. The number of halogens is 1. The average molecular weight is 171 g/mol. The van der Waals surface area contributed by atoms with Crippen LogP contribution in [0.15, 0.2) is 24.3 Å². The topological polar surface area (TPSA) is 20.2 Å². The predicted octanol–water partition coefficient (Wildman–Crippen LogP) is 2.87. The molecular formula is C9H11ClO. The van der Waals surface area contributed by atoms with Crippen molar-refractivity contribution >= 4 is 11.6 Å². The molecule has 0 amide bonds. The van der Waals surface area contributed by atoms with Crippen molar-refractivity contribution in [2.24, 2.45) is 0 Å². The van der Waals surface area contributed by atoms with Gasteiger partial charge in [-0.15, -0.1) is 11.6 Å². The van der Waals surface area contributed by atoms with Gasteiger partial charge < -0.3 is 5.11 Å². The standard InChI is InChI=1S/C9H11ClO/c1-9(2,10)7-3-5-8(11)6-4-7/h3-6,11H,1-2H3. The van der Waals surface area contributed by atoms with E-state index in [0.717, 1.165) is 5.56 Å². The number of hydrogen-bond acceptors (Lipinski definition) is 1. The second-order valence-electron chi connectivity index (χ2n) is 3.02. The first-order valence-corrected chi connectivity index (χ1v) is 3.86. The number of hydrogen-bond donors (Lipinski definition) is 1. The van der Waals surface area contributed by atoms with Crippen molar-refractivity contribution in [3.8, 4) is 5.75 Å². The normalized spacial score (nSPS) is 11.5. The van der Waals surface area contributed by atoms with Gasteiger partial charge in [0.25, 0.3) is 0 Å². The molecule has 1 N–H and O–H groups in total. The summed E-state index contributed by atoms with van der Waals surface area (Å²) in [5, 5.41) is 8.98. The van der Waals surface area contributed by atoms with E-state index < -0.39 is 0 Å². The molecule has 0 spiro atoms. The van der Waals surface area contributed by atoms with Gasteiger partial charge in [0.2, 0.25) is 0 Å². The fourth-order valence-electron chi connectivity index (χ4n) is 0.858. The lowest BCUT2D eigenvalue weighted by Gasteiger charge is -2.15. The summed E-state index contributed by atoms with van der Waals surface area (Å²) < 4.78 is 0. The van der Waals surface area contributed by atoms with Crippen molar-refractivity contribution in [3.05, 3.63) is 29.8 Å². The smallest absolute Gasteiger partial charge is 0.115 e. The third-order valence-corrected chi connectivity index (χ3v) is 1.77. The molecule has 1 nitrogen and oxygen atoms in total. The number of alkyl halides is 1. The van der Waals surface area contributed by atoms with E-state index in [4.69, 9.17) is 16.7 Å². The number of phenolic OH excluding ortho intramolecular Hbond substituents is 1. The van der Waals surface area contributed by atoms with Gasteiger partial charge in [0, 0.05) is 0 Å². The molecule has 60 valence electrons. The molecule has 1 rings (SSSR count). The van der Waals surface area contributed by atoms with Gasteiger partial charge in [0.1, 0.15) is 5.75 Å². The first-order chi connectivity index (χ1) is 5.00. The molecule has 0 bridgehead atoms. The SMILES string of the molecule is CC(C)(Cl)c1ccc(O)cc1. The van der Waals surface area contributed by atoms with Crippen LogP contribution in [0.2, 0.25) is 0 Å². The van der Waals surface area contributed by atoms with E-state index in [1.54, 1.807) is 12.1 Å². The Bertz CT molecular complexity index is 233. The maximum atomic E-state index is 8.98. The summed E-state index contributed by atoms with van der Waals surface area (Å²) in [7, 11) is 0. The Kier molecular flexibility index (Phi) is 2.10. The van der Waals surface area contributed by atoms with Crippen molar-refractivity contribution in [2.75, 3.05) is 0 Å². The lowest BCUT2D eigenvalue weighted by molar-refractivity contribution is 0.475. The van der Waals surface area contributed by atoms with Gasteiger partial charge in [-0.2, -0.15) is 0 Å². The summed E-state index contributed by atoms with van der Waals surface area (Å²) >= 11 is 6.03. The van der Waals surface area contributed by atoms with Crippen LogP contribution in [0, 0.1) is 0 Å². The quantitative estimate of drug-likeness (QED) is 0.643. The van der Waals surface area contributed by atoms with E-state index in [9.17, 15) is 0 Å². The minimum Gasteiger partial charge on any atom is -0.508 e. The molecule has 0 fully saturated rings. The van der Waals surface area contributed by atoms with Gasteiger partial charge in [0.15, 0.2) is 0 Å². The van der Waals surface area contributed by atoms with Crippen molar-refractivity contribution in [2.45, 2.75) is 18.7 Å². The monoisotopic (exact) mass is 170 g/mol. The van der Waals surface area contributed by atoms with Gasteiger partial charge in [-0.3, -0.25) is 0 Å². The minimum atomic E-state index is -0.353. The fraction of sp³-hybridized carbons (Fsp3) is 0.333. The third kappa shape index (κ3) is 2.12. The zero-order valence-electron chi connectivity index (χ0n) is 6.63. The Hall–Kier alpha value is -0.690. The van der Waals surface area contributed by atoms with Crippen molar-refractivity contribution < 1.29 is 5.11 Å². The largest absolute Gasteiger partial charge is 0.508 e. The molecule has 0 heterocycles. The Morgan fingerprint density at radius 2 is 1.64 bits per heavy atom. The summed E-state index contributed by atoms with van der Waals surface area (Å²) in [6.07, 6.45) is 0. The van der Waals surface area contributed by atoms with Crippen molar-refractivity contribution in [1.82, 2.24) is 0 Å². The lowest BCUT2D eigenvalue weighted by Crippen LogP contribution is -2.06. The summed E-state index contributed by atoms with van der Waals surface area (Å²) in [6.45, 7) is 3.84. The van der Waals surface area contributed by atoms with Crippen LogP contribution in [0.3, 0.4) is 0 Å². The number of aromatic hydroxyl groups is 1. The molecule has 0 saturated heterocycles. The summed E-state index contributed by atoms with van der Waals surface area (Å²) in [5.74, 6) is 0.273. The van der Waals surface area contributed by atoms with Gasteiger partial charge in [-0.25, -0.2) is 0 Å². The Morgan fingerprint density at radius 1 is 1.18 bits per heavy atom. The average Bonchev–Trinajstić information content (AvgIpc) is 1.86. The summed E-state index contributed by atoms with van der Waals surface area (Å²) in [6, 6.07) is 6.92. The van der Waals surface area contributed by atoms with Crippen LogP contribution in [0.1, 0.15) is 19.4 Å². The van der Waals surface area contributed by atoms with E-state index in [1.165, 1.54) is 0 Å². The molecule has 0 aliphatic carbocycles. The number of benzene rings is 1. The van der Waals surface area contributed by atoms with Crippen molar-refractivity contribution in [1.29, 1.82) is 0 Å². The lowest BCUT2D eigenvalue weighted by atomic mass is 10.0. The van der Waals surface area contributed by atoms with E-state index in [-0.39, 0.29) is 10.6 Å².